The van der Waals surface area contributed by atoms with E-state index in [4.69, 9.17) is 11.5 Å². The summed E-state index contributed by atoms with van der Waals surface area (Å²) in [6.07, 6.45) is 3.80. The monoisotopic (exact) mass is 563 g/mol. The predicted octanol–water partition coefficient (Wildman–Crippen LogP) is 0.365. The maximum Gasteiger partial charge on any atom is 0.241 e. The Morgan fingerprint density at radius 1 is 1.21 bits per heavy atom. The van der Waals surface area contributed by atoms with E-state index >= 15 is 0 Å². The summed E-state index contributed by atoms with van der Waals surface area (Å²) in [7, 11) is -3.79. The lowest BCUT2D eigenvalue weighted by Gasteiger charge is -2.25. The van der Waals surface area contributed by atoms with Crippen LogP contribution in [-0.2, 0) is 25.4 Å². The van der Waals surface area contributed by atoms with E-state index in [0.29, 0.717) is 37.8 Å². The molecule has 3 rings (SSSR count). The second-order valence-corrected chi connectivity index (χ2v) is 11.6. The number of carbonyl (C=O) groups excluding carboxylic acids is 3. The van der Waals surface area contributed by atoms with E-state index in [9.17, 15) is 22.8 Å². The SMILES string of the molecule is NC(N)=NCCC[C@@H](NC(=O)CN1CCCC[C@H](NS(=O)(=O)Cc2ccccc2)C1=O)C(=O)c1nccs1. The number of carbonyl (C=O) groups is 3. The van der Waals surface area contributed by atoms with Gasteiger partial charge in [0.1, 0.15) is 6.04 Å². The summed E-state index contributed by atoms with van der Waals surface area (Å²) in [5, 5.41) is 4.64. The van der Waals surface area contributed by atoms with Crippen LogP contribution in [0.5, 0.6) is 0 Å². The Morgan fingerprint density at radius 2 is 1.97 bits per heavy atom. The van der Waals surface area contributed by atoms with Crippen LogP contribution >= 0.6 is 11.3 Å². The highest BCUT2D eigenvalue weighted by atomic mass is 32.2. The predicted molar refractivity (Wildman–Crippen MR) is 145 cm³/mol. The molecule has 1 fully saturated rings. The van der Waals surface area contributed by atoms with Crippen LogP contribution < -0.4 is 21.5 Å². The summed E-state index contributed by atoms with van der Waals surface area (Å²) < 4.78 is 28.0. The highest BCUT2D eigenvalue weighted by Crippen LogP contribution is 2.15. The van der Waals surface area contributed by atoms with Gasteiger partial charge in [0.05, 0.1) is 18.3 Å². The lowest BCUT2D eigenvalue weighted by molar-refractivity contribution is -0.137. The van der Waals surface area contributed by atoms with Gasteiger partial charge in [-0.2, -0.15) is 0 Å². The molecule has 38 heavy (non-hydrogen) atoms. The zero-order chi connectivity index (χ0) is 27.5. The molecule has 12 nitrogen and oxygen atoms in total. The number of likely N-dealkylation sites (tertiary alicyclic amines) is 1. The number of nitrogens with one attached hydrogen (secondary N) is 2. The average molecular weight is 564 g/mol. The molecule has 0 aliphatic carbocycles. The second kappa shape index (κ2) is 14.0. The Hall–Kier alpha value is -3.36. The Morgan fingerprint density at radius 3 is 2.66 bits per heavy atom. The topological polar surface area (TPSA) is 190 Å². The summed E-state index contributed by atoms with van der Waals surface area (Å²) in [5.74, 6) is -1.65. The molecule has 2 heterocycles. The first-order chi connectivity index (χ1) is 18.1. The van der Waals surface area contributed by atoms with Crippen LogP contribution in [0, 0.1) is 0 Å². The minimum Gasteiger partial charge on any atom is -0.370 e. The summed E-state index contributed by atoms with van der Waals surface area (Å²) in [5.41, 5.74) is 11.3. The number of nitrogens with two attached hydrogens (primary N) is 2. The highest BCUT2D eigenvalue weighted by Gasteiger charge is 2.32. The van der Waals surface area contributed by atoms with E-state index in [1.54, 1.807) is 35.7 Å². The molecule has 1 aromatic heterocycles. The maximum atomic E-state index is 13.2. The van der Waals surface area contributed by atoms with Crippen LogP contribution in [0.4, 0.5) is 0 Å². The van der Waals surface area contributed by atoms with E-state index in [2.05, 4.69) is 20.0 Å². The molecule has 6 N–H and O–H groups in total. The molecule has 0 saturated carbocycles. The normalized spacial score (nSPS) is 16.9. The van der Waals surface area contributed by atoms with Crippen molar-refractivity contribution in [1.29, 1.82) is 0 Å². The Kier molecular flexibility index (Phi) is 10.7. The van der Waals surface area contributed by atoms with Crippen molar-refractivity contribution in [1.82, 2.24) is 19.9 Å². The number of hydrogen-bond donors (Lipinski definition) is 4. The fourth-order valence-corrected chi connectivity index (χ4v) is 6.10. The lowest BCUT2D eigenvalue weighted by atomic mass is 10.1. The van der Waals surface area contributed by atoms with Gasteiger partial charge in [-0.3, -0.25) is 19.4 Å². The van der Waals surface area contributed by atoms with Crippen molar-refractivity contribution in [3.05, 3.63) is 52.5 Å². The minimum absolute atomic E-state index is 0.0644. The zero-order valence-electron chi connectivity index (χ0n) is 20.9. The smallest absolute Gasteiger partial charge is 0.241 e. The number of guanidine groups is 1. The third kappa shape index (κ3) is 9.19. The molecule has 2 aromatic rings. The van der Waals surface area contributed by atoms with Crippen LogP contribution in [0.3, 0.4) is 0 Å². The summed E-state index contributed by atoms with van der Waals surface area (Å²) >= 11 is 1.17. The molecule has 14 heteroatoms. The van der Waals surface area contributed by atoms with Crippen molar-refractivity contribution in [2.75, 3.05) is 19.6 Å². The van der Waals surface area contributed by atoms with Gasteiger partial charge in [0, 0.05) is 24.7 Å². The van der Waals surface area contributed by atoms with Gasteiger partial charge in [0.25, 0.3) is 0 Å². The van der Waals surface area contributed by atoms with Crippen molar-refractivity contribution < 1.29 is 22.8 Å². The average Bonchev–Trinajstić information content (AvgIpc) is 3.36. The van der Waals surface area contributed by atoms with Gasteiger partial charge in [-0.15, -0.1) is 11.3 Å². The number of aromatic nitrogens is 1. The van der Waals surface area contributed by atoms with Crippen molar-refractivity contribution in [2.45, 2.75) is 49.9 Å². The molecule has 0 unspecified atom stereocenters. The molecule has 206 valence electrons. The number of rotatable bonds is 13. The maximum absolute atomic E-state index is 13.2. The number of hydrogen-bond acceptors (Lipinski definition) is 8. The number of nitrogens with zero attached hydrogens (tertiary/aromatic N) is 3. The quantitative estimate of drug-likeness (QED) is 0.116. The van der Waals surface area contributed by atoms with Gasteiger partial charge < -0.3 is 21.7 Å². The van der Waals surface area contributed by atoms with E-state index in [-0.39, 0.29) is 42.0 Å². The van der Waals surface area contributed by atoms with Gasteiger partial charge in [0.2, 0.25) is 27.6 Å². The van der Waals surface area contributed by atoms with E-state index in [1.807, 2.05) is 0 Å². The lowest BCUT2D eigenvalue weighted by Crippen LogP contribution is -2.51. The molecule has 1 aliphatic rings. The summed E-state index contributed by atoms with van der Waals surface area (Å²) in [6, 6.07) is 6.85. The summed E-state index contributed by atoms with van der Waals surface area (Å²) in [4.78, 5) is 48.3. The first-order valence-corrected chi connectivity index (χ1v) is 14.8. The Balaban J connectivity index is 1.63. The molecular weight excluding hydrogens is 530 g/mol. The van der Waals surface area contributed by atoms with Crippen molar-refractivity contribution in [3.8, 4) is 0 Å². The van der Waals surface area contributed by atoms with E-state index in [1.165, 1.54) is 22.4 Å². The number of thiazole rings is 1. The van der Waals surface area contributed by atoms with Gasteiger partial charge in [-0.25, -0.2) is 18.1 Å². The van der Waals surface area contributed by atoms with Gasteiger partial charge in [-0.1, -0.05) is 30.3 Å². The molecule has 0 radical (unpaired) electrons. The third-order valence-corrected chi connectivity index (χ3v) is 8.02. The van der Waals surface area contributed by atoms with Crippen LogP contribution in [0.1, 0.15) is 47.5 Å². The summed E-state index contributed by atoms with van der Waals surface area (Å²) in [6.45, 7) is 0.291. The van der Waals surface area contributed by atoms with Crippen LogP contribution in [0.2, 0.25) is 0 Å². The van der Waals surface area contributed by atoms with Crippen LogP contribution in [0.15, 0.2) is 46.9 Å². The molecule has 0 bridgehead atoms. The number of benzene rings is 1. The van der Waals surface area contributed by atoms with Crippen molar-refractivity contribution in [3.63, 3.8) is 0 Å². The van der Waals surface area contributed by atoms with Gasteiger partial charge in [0.15, 0.2) is 11.0 Å². The standard InChI is InChI=1S/C24H33N7O5S2/c25-24(26)28-11-6-10-18(21(33)22-27-12-14-37-22)29-20(32)15-31-13-5-4-9-19(23(31)34)30-38(35,36)16-17-7-2-1-3-8-17/h1-3,7-8,12,14,18-19,30H,4-6,9-11,13,15-16H2,(H,29,32)(H4,25,26,28)/t18-,19+/m1/s1. The Labute approximate surface area is 225 Å². The fourth-order valence-electron chi connectivity index (χ4n) is 4.10. The van der Waals surface area contributed by atoms with Gasteiger partial charge >= 0.3 is 0 Å². The van der Waals surface area contributed by atoms with E-state index < -0.39 is 33.9 Å². The largest absolute Gasteiger partial charge is 0.370 e. The number of amides is 2. The van der Waals surface area contributed by atoms with E-state index in [0.717, 1.165) is 0 Å². The molecular formula is C24H33N7O5S2. The first-order valence-electron chi connectivity index (χ1n) is 12.3. The number of aliphatic imine (C=N–C) groups is 1. The Bertz CT molecular complexity index is 1220. The highest BCUT2D eigenvalue weighted by molar-refractivity contribution is 7.88. The molecule has 2 atom stereocenters. The van der Waals surface area contributed by atoms with Crippen LogP contribution in [0.25, 0.3) is 0 Å². The van der Waals surface area contributed by atoms with Crippen molar-refractivity contribution >= 4 is 44.9 Å². The second-order valence-electron chi connectivity index (χ2n) is 8.94. The molecule has 0 spiro atoms. The number of Topliss-reactive ketones (excluding diaryl/α,β-unsaturated/α-hetero) is 1. The molecule has 2 amide bonds. The third-order valence-electron chi connectivity index (χ3n) is 5.88. The first kappa shape index (κ1) is 29.2. The van der Waals surface area contributed by atoms with Crippen molar-refractivity contribution in [2.24, 2.45) is 16.5 Å². The molecule has 1 aromatic carbocycles. The molecule has 1 saturated heterocycles. The number of sulfonamides is 1. The minimum atomic E-state index is -3.79. The fraction of sp³-hybridized carbons (Fsp3) is 0.458. The number of ketones is 1. The molecule has 1 aliphatic heterocycles. The van der Waals surface area contributed by atoms with Crippen LogP contribution in [-0.4, -0.2) is 73.6 Å². The zero-order valence-corrected chi connectivity index (χ0v) is 22.5. The van der Waals surface area contributed by atoms with Gasteiger partial charge in [-0.05, 0) is 37.7 Å².